The Morgan fingerprint density at radius 2 is 1.55 bits per heavy atom. The number of pyridine rings is 1. The number of benzene rings is 1. The smallest absolute Gasteiger partial charge is 0.259 e. The summed E-state index contributed by atoms with van der Waals surface area (Å²) < 4.78 is 27.4. The van der Waals surface area contributed by atoms with Crippen LogP contribution in [0, 0.1) is 11.6 Å². The van der Waals surface area contributed by atoms with Crippen LogP contribution in [-0.4, -0.2) is 42.0 Å². The van der Waals surface area contributed by atoms with Crippen LogP contribution < -0.4 is 4.90 Å². The van der Waals surface area contributed by atoms with E-state index < -0.39 is 23.1 Å². The monoisotopic (exact) mass is 303 g/mol. The molecule has 114 valence electrons. The molecule has 22 heavy (non-hydrogen) atoms. The zero-order valence-corrected chi connectivity index (χ0v) is 11.9. The largest absolute Gasteiger partial charge is 0.368 e. The maximum atomic E-state index is 13.7. The third kappa shape index (κ3) is 2.77. The molecule has 0 aliphatic carbocycles. The van der Waals surface area contributed by atoms with Crippen LogP contribution in [0.1, 0.15) is 10.4 Å². The van der Waals surface area contributed by atoms with E-state index in [0.717, 1.165) is 17.8 Å². The maximum Gasteiger partial charge on any atom is 0.259 e. The molecule has 2 heterocycles. The van der Waals surface area contributed by atoms with E-state index in [4.69, 9.17) is 0 Å². The lowest BCUT2D eigenvalue weighted by Crippen LogP contribution is -2.49. The van der Waals surface area contributed by atoms with Crippen molar-refractivity contribution in [2.75, 3.05) is 31.1 Å². The van der Waals surface area contributed by atoms with E-state index in [-0.39, 0.29) is 0 Å². The van der Waals surface area contributed by atoms with Gasteiger partial charge >= 0.3 is 0 Å². The standard InChI is InChI=1S/C16H15F2N3O/c17-13-2-1-3-14(18)15(13)16(22)21-10-8-20(9-11-21)12-4-6-19-7-5-12/h1-7H,8-11H2. The number of aromatic nitrogens is 1. The third-order valence-electron chi connectivity index (χ3n) is 3.77. The molecule has 3 rings (SSSR count). The Kier molecular flexibility index (Phi) is 4.00. The molecule has 0 bridgehead atoms. The molecule has 2 aromatic rings. The average molecular weight is 303 g/mol. The van der Waals surface area contributed by atoms with Gasteiger partial charge in [-0.05, 0) is 24.3 Å². The Balaban J connectivity index is 1.70. The quantitative estimate of drug-likeness (QED) is 0.854. The number of hydrogen-bond acceptors (Lipinski definition) is 3. The molecule has 6 heteroatoms. The molecule has 4 nitrogen and oxygen atoms in total. The number of carbonyl (C=O) groups excluding carboxylic acids is 1. The normalized spacial score (nSPS) is 15.0. The fraction of sp³-hybridized carbons (Fsp3) is 0.250. The number of piperazine rings is 1. The van der Waals surface area contributed by atoms with Crippen molar-refractivity contribution >= 4 is 11.6 Å². The van der Waals surface area contributed by atoms with Crippen molar-refractivity contribution in [3.8, 4) is 0 Å². The minimum atomic E-state index is -0.818. The molecule has 0 radical (unpaired) electrons. The molecular weight excluding hydrogens is 288 g/mol. The number of hydrogen-bond donors (Lipinski definition) is 0. The highest BCUT2D eigenvalue weighted by atomic mass is 19.1. The van der Waals surface area contributed by atoms with Crippen molar-refractivity contribution in [1.29, 1.82) is 0 Å². The van der Waals surface area contributed by atoms with E-state index in [1.807, 2.05) is 12.1 Å². The SMILES string of the molecule is O=C(c1c(F)cccc1F)N1CCN(c2ccncc2)CC1. The Labute approximate surface area is 127 Å². The molecule has 0 spiro atoms. The first-order chi connectivity index (χ1) is 10.7. The van der Waals surface area contributed by atoms with Crippen LogP contribution in [0.25, 0.3) is 0 Å². The van der Waals surface area contributed by atoms with Gasteiger partial charge < -0.3 is 9.80 Å². The van der Waals surface area contributed by atoms with Gasteiger partial charge in [-0.3, -0.25) is 9.78 Å². The second-order valence-electron chi connectivity index (χ2n) is 5.08. The number of nitrogens with zero attached hydrogens (tertiary/aromatic N) is 3. The van der Waals surface area contributed by atoms with Crippen LogP contribution >= 0.6 is 0 Å². The summed E-state index contributed by atoms with van der Waals surface area (Å²) >= 11 is 0. The van der Waals surface area contributed by atoms with E-state index in [2.05, 4.69) is 9.88 Å². The van der Waals surface area contributed by atoms with Crippen LogP contribution in [0.4, 0.5) is 14.5 Å². The molecular formula is C16H15F2N3O. The lowest BCUT2D eigenvalue weighted by molar-refractivity contribution is 0.0737. The van der Waals surface area contributed by atoms with Crippen LogP contribution in [0.2, 0.25) is 0 Å². The van der Waals surface area contributed by atoms with Gasteiger partial charge in [-0.1, -0.05) is 6.07 Å². The van der Waals surface area contributed by atoms with Crippen LogP contribution in [0.3, 0.4) is 0 Å². The molecule has 0 atom stereocenters. The Morgan fingerprint density at radius 1 is 0.955 bits per heavy atom. The van der Waals surface area contributed by atoms with Crippen molar-refractivity contribution in [3.63, 3.8) is 0 Å². The van der Waals surface area contributed by atoms with E-state index >= 15 is 0 Å². The first-order valence-electron chi connectivity index (χ1n) is 7.05. The Hall–Kier alpha value is -2.50. The van der Waals surface area contributed by atoms with Gasteiger partial charge in [0.15, 0.2) is 0 Å². The molecule has 1 aliphatic heterocycles. The zero-order chi connectivity index (χ0) is 15.5. The van der Waals surface area contributed by atoms with Gasteiger partial charge in [0.1, 0.15) is 17.2 Å². The van der Waals surface area contributed by atoms with Crippen molar-refractivity contribution in [1.82, 2.24) is 9.88 Å². The minimum absolute atomic E-state index is 0.426. The van der Waals surface area contributed by atoms with E-state index in [1.54, 1.807) is 12.4 Å². The van der Waals surface area contributed by atoms with Crippen molar-refractivity contribution in [2.45, 2.75) is 0 Å². The molecule has 0 unspecified atom stereocenters. The summed E-state index contributed by atoms with van der Waals surface area (Å²) in [5, 5.41) is 0. The number of rotatable bonds is 2. The van der Waals surface area contributed by atoms with Gasteiger partial charge in [-0.2, -0.15) is 0 Å². The van der Waals surface area contributed by atoms with Gasteiger partial charge in [0.05, 0.1) is 0 Å². The molecule has 1 aliphatic rings. The van der Waals surface area contributed by atoms with Gasteiger partial charge in [0, 0.05) is 44.3 Å². The lowest BCUT2D eigenvalue weighted by atomic mass is 10.1. The summed E-state index contributed by atoms with van der Waals surface area (Å²) in [6.07, 6.45) is 3.42. The van der Waals surface area contributed by atoms with Crippen molar-refractivity contribution < 1.29 is 13.6 Å². The summed E-state index contributed by atoms with van der Waals surface area (Å²) in [6, 6.07) is 7.25. The molecule has 1 fully saturated rings. The highest BCUT2D eigenvalue weighted by Gasteiger charge is 2.26. The van der Waals surface area contributed by atoms with E-state index in [9.17, 15) is 13.6 Å². The molecule has 1 amide bonds. The molecule has 1 aromatic carbocycles. The van der Waals surface area contributed by atoms with Gasteiger partial charge in [-0.25, -0.2) is 8.78 Å². The summed E-state index contributed by atoms with van der Waals surface area (Å²) in [5.74, 6) is -2.23. The summed E-state index contributed by atoms with van der Waals surface area (Å²) in [6.45, 7) is 2.08. The predicted octanol–water partition coefficient (Wildman–Crippen LogP) is 2.32. The molecule has 1 aromatic heterocycles. The second kappa shape index (κ2) is 6.09. The first kappa shape index (κ1) is 14.4. The molecule has 0 saturated carbocycles. The molecule has 0 N–H and O–H groups in total. The Morgan fingerprint density at radius 3 is 2.14 bits per heavy atom. The fourth-order valence-corrected chi connectivity index (χ4v) is 2.58. The topological polar surface area (TPSA) is 36.4 Å². The third-order valence-corrected chi connectivity index (χ3v) is 3.77. The van der Waals surface area contributed by atoms with E-state index in [0.29, 0.717) is 26.2 Å². The number of amides is 1. The Bertz CT molecular complexity index is 650. The van der Waals surface area contributed by atoms with Gasteiger partial charge in [-0.15, -0.1) is 0 Å². The first-order valence-corrected chi connectivity index (χ1v) is 7.05. The van der Waals surface area contributed by atoms with Crippen molar-refractivity contribution in [2.24, 2.45) is 0 Å². The maximum absolute atomic E-state index is 13.7. The number of halogens is 2. The van der Waals surface area contributed by atoms with Crippen LogP contribution in [-0.2, 0) is 0 Å². The van der Waals surface area contributed by atoms with Gasteiger partial charge in [0.25, 0.3) is 5.91 Å². The number of anilines is 1. The van der Waals surface area contributed by atoms with Gasteiger partial charge in [0.2, 0.25) is 0 Å². The fourth-order valence-electron chi connectivity index (χ4n) is 2.58. The predicted molar refractivity (Wildman–Crippen MR) is 78.7 cm³/mol. The van der Waals surface area contributed by atoms with E-state index in [1.165, 1.54) is 11.0 Å². The zero-order valence-electron chi connectivity index (χ0n) is 11.9. The lowest BCUT2D eigenvalue weighted by Gasteiger charge is -2.36. The highest BCUT2D eigenvalue weighted by Crippen LogP contribution is 2.18. The summed E-state index contributed by atoms with van der Waals surface area (Å²) in [7, 11) is 0. The summed E-state index contributed by atoms with van der Waals surface area (Å²) in [5.41, 5.74) is 0.555. The highest BCUT2D eigenvalue weighted by molar-refractivity contribution is 5.95. The number of carbonyl (C=O) groups is 1. The molecule has 1 saturated heterocycles. The van der Waals surface area contributed by atoms with Crippen LogP contribution in [0.15, 0.2) is 42.7 Å². The second-order valence-corrected chi connectivity index (χ2v) is 5.08. The average Bonchev–Trinajstić information content (AvgIpc) is 2.55. The minimum Gasteiger partial charge on any atom is -0.368 e. The van der Waals surface area contributed by atoms with Crippen molar-refractivity contribution in [3.05, 3.63) is 59.9 Å². The summed E-state index contributed by atoms with van der Waals surface area (Å²) in [4.78, 5) is 19.9. The van der Waals surface area contributed by atoms with Crippen LogP contribution in [0.5, 0.6) is 0 Å².